The molecule has 3 rings (SSSR count). The fourth-order valence-corrected chi connectivity index (χ4v) is 2.06. The summed E-state index contributed by atoms with van der Waals surface area (Å²) in [4.78, 5) is 32.1. The van der Waals surface area contributed by atoms with E-state index in [-0.39, 0.29) is 17.4 Å². The van der Waals surface area contributed by atoms with Crippen molar-refractivity contribution in [3.63, 3.8) is 0 Å². The Morgan fingerprint density at radius 1 is 1.41 bits per heavy atom. The lowest BCUT2D eigenvalue weighted by Gasteiger charge is -2.13. The van der Waals surface area contributed by atoms with E-state index in [1.165, 1.54) is 12.5 Å². The van der Waals surface area contributed by atoms with Gasteiger partial charge in [-0.1, -0.05) is 0 Å². The van der Waals surface area contributed by atoms with Crippen LogP contribution in [-0.2, 0) is 0 Å². The largest absolute Gasteiger partial charge is 0.350 e. The smallest absolute Gasteiger partial charge is 0.286 e. The van der Waals surface area contributed by atoms with Gasteiger partial charge in [0.2, 0.25) is 0 Å². The van der Waals surface area contributed by atoms with E-state index in [1.54, 1.807) is 10.9 Å². The normalized spacial score (nSPS) is 12.5. The second kappa shape index (κ2) is 5.43. The minimum absolute atomic E-state index is 0.0238. The molecule has 3 heterocycles. The molecule has 0 radical (unpaired) electrons. The van der Waals surface area contributed by atoms with Crippen LogP contribution in [0.15, 0.2) is 29.7 Å². The maximum atomic E-state index is 12.1. The number of aryl methyl sites for hydroxylation is 1. The third-order valence-electron chi connectivity index (χ3n) is 3.29. The van der Waals surface area contributed by atoms with Crippen LogP contribution in [0.3, 0.4) is 0 Å². The van der Waals surface area contributed by atoms with E-state index in [2.05, 4.69) is 25.5 Å². The van der Waals surface area contributed by atoms with Crippen LogP contribution >= 0.6 is 0 Å². The summed E-state index contributed by atoms with van der Waals surface area (Å²) in [5.41, 5.74) is 0.526. The Kier molecular flexibility index (Phi) is 3.45. The molecule has 0 saturated carbocycles. The second-order valence-corrected chi connectivity index (χ2v) is 5.06. The fraction of sp³-hybridized carbons (Fsp3) is 0.308. The lowest BCUT2D eigenvalue weighted by atomic mass is 10.3. The zero-order valence-corrected chi connectivity index (χ0v) is 12.1. The van der Waals surface area contributed by atoms with Gasteiger partial charge in [0, 0.05) is 18.9 Å². The van der Waals surface area contributed by atoms with E-state index in [1.807, 2.05) is 20.0 Å². The van der Waals surface area contributed by atoms with Crippen LogP contribution in [0.1, 0.15) is 28.9 Å². The molecule has 0 spiro atoms. The van der Waals surface area contributed by atoms with Crippen molar-refractivity contribution in [1.82, 2.24) is 34.7 Å². The zero-order chi connectivity index (χ0) is 15.7. The molecule has 0 aromatic carbocycles. The number of fused-ring (bicyclic) bond motifs is 1. The van der Waals surface area contributed by atoms with Crippen molar-refractivity contribution in [2.75, 3.05) is 6.54 Å². The zero-order valence-electron chi connectivity index (χ0n) is 12.1. The summed E-state index contributed by atoms with van der Waals surface area (Å²) in [6.07, 6.45) is 6.22. The number of carbonyl (C=O) groups is 1. The number of nitrogens with zero attached hydrogens (tertiary/aromatic N) is 5. The first-order chi connectivity index (χ1) is 10.6. The summed E-state index contributed by atoms with van der Waals surface area (Å²) < 4.78 is 2.88. The van der Waals surface area contributed by atoms with E-state index in [0.717, 1.165) is 10.1 Å². The summed E-state index contributed by atoms with van der Waals surface area (Å²) >= 11 is 0. The van der Waals surface area contributed by atoms with E-state index in [9.17, 15) is 9.59 Å². The van der Waals surface area contributed by atoms with Crippen LogP contribution in [0.2, 0.25) is 0 Å². The Morgan fingerprint density at radius 3 is 2.95 bits per heavy atom. The molecule has 2 N–H and O–H groups in total. The highest BCUT2D eigenvalue weighted by molar-refractivity contribution is 5.93. The molecule has 0 aliphatic heterocycles. The topological polar surface area (TPSA) is 110 Å². The Balaban J connectivity index is 1.73. The average molecular weight is 301 g/mol. The first kappa shape index (κ1) is 14.0. The number of aromatic nitrogens is 6. The van der Waals surface area contributed by atoms with Gasteiger partial charge in [-0.2, -0.15) is 9.61 Å². The molecule has 114 valence electrons. The monoisotopic (exact) mass is 301 g/mol. The van der Waals surface area contributed by atoms with Gasteiger partial charge in [-0.3, -0.25) is 19.4 Å². The third-order valence-corrected chi connectivity index (χ3v) is 3.29. The number of rotatable bonds is 4. The highest BCUT2D eigenvalue weighted by Gasteiger charge is 2.15. The molecule has 1 amide bonds. The Hall–Kier alpha value is -2.97. The maximum Gasteiger partial charge on any atom is 0.286 e. The average Bonchev–Trinajstić information content (AvgIpc) is 3.14. The molecule has 9 nitrogen and oxygen atoms in total. The standard InChI is InChI=1S/C13H15N7O2/c1-8-3-17-19(6-8)9(2)4-14-11(21)10-5-15-13-16-7-18-20(13)12(10)22/h3,5-7,9H,4H2,1-2H3,(H,14,21)(H,15,16,18)/t9-/m1/s1. The molecule has 22 heavy (non-hydrogen) atoms. The molecule has 0 saturated heterocycles. The number of amides is 1. The third kappa shape index (κ3) is 2.48. The number of carbonyl (C=O) groups excluding carboxylic acids is 1. The van der Waals surface area contributed by atoms with Gasteiger partial charge in [-0.15, -0.1) is 0 Å². The predicted octanol–water partition coefficient (Wildman–Crippen LogP) is -0.0865. The van der Waals surface area contributed by atoms with Crippen molar-refractivity contribution in [2.45, 2.75) is 19.9 Å². The van der Waals surface area contributed by atoms with E-state index < -0.39 is 11.5 Å². The van der Waals surface area contributed by atoms with Gasteiger partial charge in [0.15, 0.2) is 0 Å². The van der Waals surface area contributed by atoms with Crippen LogP contribution in [0, 0.1) is 6.92 Å². The number of nitrogens with one attached hydrogen (secondary N) is 2. The van der Waals surface area contributed by atoms with Crippen LogP contribution in [-0.4, -0.2) is 41.8 Å². The first-order valence-electron chi connectivity index (χ1n) is 6.76. The number of hydrogen-bond donors (Lipinski definition) is 2. The minimum atomic E-state index is -0.484. The van der Waals surface area contributed by atoms with Gasteiger partial charge in [-0.25, -0.2) is 9.97 Å². The highest BCUT2D eigenvalue weighted by Crippen LogP contribution is 2.04. The molecular weight excluding hydrogens is 286 g/mol. The van der Waals surface area contributed by atoms with Gasteiger partial charge in [-0.05, 0) is 19.4 Å². The lowest BCUT2D eigenvalue weighted by molar-refractivity contribution is 0.0945. The van der Waals surface area contributed by atoms with E-state index >= 15 is 0 Å². The van der Waals surface area contributed by atoms with Gasteiger partial charge in [0.05, 0.1) is 12.2 Å². The summed E-state index contributed by atoms with van der Waals surface area (Å²) in [7, 11) is 0. The van der Waals surface area contributed by atoms with E-state index in [4.69, 9.17) is 0 Å². The molecule has 3 aromatic rings. The SMILES string of the molecule is Cc1cnn([C@H](C)CNC(=O)c2cnc3nc[nH]n3c2=O)c1. The molecule has 0 aliphatic rings. The summed E-state index contributed by atoms with van der Waals surface area (Å²) in [5.74, 6) is -0.251. The van der Waals surface area contributed by atoms with Gasteiger partial charge < -0.3 is 5.32 Å². The molecular formula is C13H15N7O2. The number of hydrogen-bond acceptors (Lipinski definition) is 5. The molecule has 0 fully saturated rings. The maximum absolute atomic E-state index is 12.1. The van der Waals surface area contributed by atoms with Crippen LogP contribution in [0.25, 0.3) is 5.78 Å². The highest BCUT2D eigenvalue weighted by atomic mass is 16.2. The van der Waals surface area contributed by atoms with Gasteiger partial charge in [0.1, 0.15) is 11.9 Å². The molecule has 0 unspecified atom stereocenters. The Bertz CT molecular complexity index is 876. The number of aromatic amines is 1. The Morgan fingerprint density at radius 2 is 2.23 bits per heavy atom. The minimum Gasteiger partial charge on any atom is -0.350 e. The molecule has 9 heteroatoms. The van der Waals surface area contributed by atoms with Gasteiger partial charge in [0.25, 0.3) is 17.2 Å². The molecule has 1 atom stereocenters. The lowest BCUT2D eigenvalue weighted by Crippen LogP contribution is -2.34. The van der Waals surface area contributed by atoms with Crippen LogP contribution in [0.4, 0.5) is 0 Å². The van der Waals surface area contributed by atoms with Crippen molar-refractivity contribution in [1.29, 1.82) is 0 Å². The predicted molar refractivity (Wildman–Crippen MR) is 77.6 cm³/mol. The first-order valence-corrected chi connectivity index (χ1v) is 6.76. The summed E-state index contributed by atoms with van der Waals surface area (Å²) in [6, 6.07) is -0.0238. The van der Waals surface area contributed by atoms with E-state index in [0.29, 0.717) is 6.54 Å². The van der Waals surface area contributed by atoms with Gasteiger partial charge >= 0.3 is 0 Å². The van der Waals surface area contributed by atoms with Crippen molar-refractivity contribution in [2.24, 2.45) is 0 Å². The van der Waals surface area contributed by atoms with Crippen LogP contribution < -0.4 is 10.9 Å². The van der Waals surface area contributed by atoms with Crippen molar-refractivity contribution < 1.29 is 4.79 Å². The van der Waals surface area contributed by atoms with Crippen molar-refractivity contribution in [3.05, 3.63) is 46.4 Å². The number of H-pyrrole nitrogens is 1. The van der Waals surface area contributed by atoms with Crippen molar-refractivity contribution >= 4 is 11.7 Å². The molecule has 0 aliphatic carbocycles. The molecule has 0 bridgehead atoms. The quantitative estimate of drug-likeness (QED) is 0.700. The second-order valence-electron chi connectivity index (χ2n) is 5.06. The molecule has 3 aromatic heterocycles. The summed E-state index contributed by atoms with van der Waals surface area (Å²) in [6.45, 7) is 4.22. The fourth-order valence-electron chi connectivity index (χ4n) is 2.06. The van der Waals surface area contributed by atoms with Crippen molar-refractivity contribution in [3.8, 4) is 0 Å². The summed E-state index contributed by atoms with van der Waals surface area (Å²) in [5, 5.41) is 9.52. The Labute approximate surface area is 125 Å². The van der Waals surface area contributed by atoms with Crippen LogP contribution in [0.5, 0.6) is 0 Å².